The van der Waals surface area contributed by atoms with Gasteiger partial charge in [-0.2, -0.15) is 0 Å². The average Bonchev–Trinajstić information content (AvgIpc) is 2.72. The summed E-state index contributed by atoms with van der Waals surface area (Å²) >= 11 is 0. The number of nitrogens with one attached hydrogen (secondary N) is 1. The van der Waals surface area contributed by atoms with E-state index in [2.05, 4.69) is 29.1 Å². The van der Waals surface area contributed by atoms with Gasteiger partial charge in [0.15, 0.2) is 0 Å². The van der Waals surface area contributed by atoms with Crippen LogP contribution in [-0.4, -0.2) is 22.4 Å². The van der Waals surface area contributed by atoms with Crippen LogP contribution in [0.1, 0.15) is 29.9 Å². The fourth-order valence-corrected chi connectivity index (χ4v) is 2.63. The molecule has 3 rings (SSSR count). The summed E-state index contributed by atoms with van der Waals surface area (Å²) in [6.45, 7) is 5.53. The molecule has 0 aliphatic rings. The Morgan fingerprint density at radius 3 is 2.22 bits per heavy atom. The molecule has 2 aromatic carbocycles. The lowest BCUT2D eigenvalue weighted by molar-refractivity contribution is 0.0980. The van der Waals surface area contributed by atoms with Crippen LogP contribution < -0.4 is 10.2 Å². The molecule has 1 aromatic heterocycles. The van der Waals surface area contributed by atoms with Gasteiger partial charge >= 0.3 is 0 Å². The van der Waals surface area contributed by atoms with E-state index in [4.69, 9.17) is 0 Å². The molecule has 0 saturated carbocycles. The largest absolute Gasteiger partial charge is 0.369 e. The first-order valence-electron chi connectivity index (χ1n) is 9.10. The number of hydrogen-bond acceptors (Lipinski definition) is 4. The Hall–Kier alpha value is -3.21. The van der Waals surface area contributed by atoms with Crippen molar-refractivity contribution in [3.63, 3.8) is 0 Å². The molecule has 3 aromatic rings. The number of anilines is 2. The van der Waals surface area contributed by atoms with E-state index in [0.29, 0.717) is 24.0 Å². The van der Waals surface area contributed by atoms with Crippen molar-refractivity contribution in [2.24, 2.45) is 5.92 Å². The monoisotopic (exact) mass is 360 g/mol. The molecular weight excluding hydrogens is 336 g/mol. The molecule has 0 bridgehead atoms. The van der Waals surface area contributed by atoms with Gasteiger partial charge in [-0.25, -0.2) is 9.97 Å². The van der Waals surface area contributed by atoms with Crippen LogP contribution in [0, 0.1) is 5.92 Å². The standard InChI is InChI=1S/C22H24N4O/c1-17(2)13-24-21-15-23-20(14-25-21)22(27)26(19-11-7-4-8-12-19)16-18-9-5-3-6-10-18/h3-12,14-15,17H,13,16H2,1-2H3,(H,24,25). The van der Waals surface area contributed by atoms with Crippen LogP contribution in [0.3, 0.4) is 0 Å². The van der Waals surface area contributed by atoms with E-state index in [1.165, 1.54) is 6.20 Å². The predicted octanol–water partition coefficient (Wildman–Crippen LogP) is 4.39. The number of carbonyl (C=O) groups is 1. The van der Waals surface area contributed by atoms with Gasteiger partial charge in [-0.05, 0) is 23.6 Å². The van der Waals surface area contributed by atoms with Crippen molar-refractivity contribution in [3.05, 3.63) is 84.3 Å². The maximum Gasteiger partial charge on any atom is 0.278 e. The molecular formula is C22H24N4O. The van der Waals surface area contributed by atoms with Crippen LogP contribution in [0.2, 0.25) is 0 Å². The zero-order valence-electron chi connectivity index (χ0n) is 15.7. The number of aromatic nitrogens is 2. The van der Waals surface area contributed by atoms with E-state index in [9.17, 15) is 4.79 Å². The van der Waals surface area contributed by atoms with Crippen molar-refractivity contribution >= 4 is 17.4 Å². The molecule has 138 valence electrons. The minimum atomic E-state index is -0.173. The highest BCUT2D eigenvalue weighted by molar-refractivity contribution is 6.04. The summed E-state index contributed by atoms with van der Waals surface area (Å²) in [5.74, 6) is 1.01. The van der Waals surface area contributed by atoms with Gasteiger partial charge in [0.1, 0.15) is 11.5 Å². The Balaban J connectivity index is 1.82. The summed E-state index contributed by atoms with van der Waals surface area (Å²) in [7, 11) is 0. The molecule has 0 atom stereocenters. The average molecular weight is 360 g/mol. The van der Waals surface area contributed by atoms with Crippen molar-refractivity contribution in [2.75, 3.05) is 16.8 Å². The maximum atomic E-state index is 13.1. The first-order valence-corrected chi connectivity index (χ1v) is 9.10. The summed E-state index contributed by atoms with van der Waals surface area (Å²) in [6, 6.07) is 19.5. The van der Waals surface area contributed by atoms with E-state index in [1.54, 1.807) is 11.1 Å². The molecule has 0 fully saturated rings. The number of benzene rings is 2. The molecule has 5 heteroatoms. The molecule has 0 saturated heterocycles. The fraction of sp³-hybridized carbons (Fsp3) is 0.227. The molecule has 5 nitrogen and oxygen atoms in total. The van der Waals surface area contributed by atoms with E-state index >= 15 is 0 Å². The minimum Gasteiger partial charge on any atom is -0.369 e. The topological polar surface area (TPSA) is 58.1 Å². The molecule has 0 aliphatic carbocycles. The summed E-state index contributed by atoms with van der Waals surface area (Å²) in [6.07, 6.45) is 3.15. The molecule has 0 radical (unpaired) electrons. The highest BCUT2D eigenvalue weighted by atomic mass is 16.2. The smallest absolute Gasteiger partial charge is 0.278 e. The Bertz CT molecular complexity index is 849. The van der Waals surface area contributed by atoms with Gasteiger partial charge in [-0.15, -0.1) is 0 Å². The highest BCUT2D eigenvalue weighted by Crippen LogP contribution is 2.19. The summed E-state index contributed by atoms with van der Waals surface area (Å²) in [5, 5.41) is 3.21. The molecule has 0 unspecified atom stereocenters. The number of para-hydroxylation sites is 1. The minimum absolute atomic E-state index is 0.173. The zero-order valence-corrected chi connectivity index (χ0v) is 15.7. The Kier molecular flexibility index (Phi) is 6.15. The molecule has 1 heterocycles. The summed E-state index contributed by atoms with van der Waals surface area (Å²) in [4.78, 5) is 23.5. The second-order valence-corrected chi connectivity index (χ2v) is 6.77. The van der Waals surface area contributed by atoms with E-state index in [0.717, 1.165) is 17.8 Å². The van der Waals surface area contributed by atoms with Gasteiger partial charge in [0.2, 0.25) is 0 Å². The normalized spacial score (nSPS) is 10.6. The van der Waals surface area contributed by atoms with Crippen LogP contribution in [-0.2, 0) is 6.54 Å². The lowest BCUT2D eigenvalue weighted by Gasteiger charge is -2.22. The molecule has 27 heavy (non-hydrogen) atoms. The van der Waals surface area contributed by atoms with Crippen LogP contribution in [0.15, 0.2) is 73.1 Å². The summed E-state index contributed by atoms with van der Waals surface area (Å²) < 4.78 is 0. The van der Waals surface area contributed by atoms with Crippen LogP contribution in [0.4, 0.5) is 11.5 Å². The van der Waals surface area contributed by atoms with Gasteiger partial charge < -0.3 is 10.2 Å². The fourth-order valence-electron chi connectivity index (χ4n) is 2.63. The van der Waals surface area contributed by atoms with E-state index in [-0.39, 0.29) is 5.91 Å². The van der Waals surface area contributed by atoms with Crippen molar-refractivity contribution in [3.8, 4) is 0 Å². The lowest BCUT2D eigenvalue weighted by Crippen LogP contribution is -2.31. The number of carbonyl (C=O) groups excluding carboxylic acids is 1. The highest BCUT2D eigenvalue weighted by Gasteiger charge is 2.19. The van der Waals surface area contributed by atoms with Gasteiger partial charge in [0.05, 0.1) is 18.9 Å². The summed E-state index contributed by atoms with van der Waals surface area (Å²) in [5.41, 5.74) is 2.21. The SMILES string of the molecule is CC(C)CNc1cnc(C(=O)N(Cc2ccccc2)c2ccccc2)cn1. The first kappa shape index (κ1) is 18.6. The Labute approximate surface area is 160 Å². The van der Waals surface area contributed by atoms with Gasteiger partial charge in [-0.1, -0.05) is 62.4 Å². The lowest BCUT2D eigenvalue weighted by atomic mass is 10.2. The number of amides is 1. The van der Waals surface area contributed by atoms with Crippen molar-refractivity contribution in [1.82, 2.24) is 9.97 Å². The number of nitrogens with zero attached hydrogens (tertiary/aromatic N) is 3. The number of rotatable bonds is 7. The Morgan fingerprint density at radius 2 is 1.63 bits per heavy atom. The predicted molar refractivity (Wildman–Crippen MR) is 109 cm³/mol. The molecule has 0 spiro atoms. The first-order chi connectivity index (χ1) is 13.1. The van der Waals surface area contributed by atoms with Crippen molar-refractivity contribution in [1.29, 1.82) is 0 Å². The zero-order chi connectivity index (χ0) is 19.1. The Morgan fingerprint density at radius 1 is 0.963 bits per heavy atom. The van der Waals surface area contributed by atoms with Crippen LogP contribution in [0.25, 0.3) is 0 Å². The third kappa shape index (κ3) is 5.14. The van der Waals surface area contributed by atoms with Crippen LogP contribution >= 0.6 is 0 Å². The third-order valence-electron chi connectivity index (χ3n) is 4.06. The third-order valence-corrected chi connectivity index (χ3v) is 4.06. The maximum absolute atomic E-state index is 13.1. The van der Waals surface area contributed by atoms with Crippen molar-refractivity contribution < 1.29 is 4.79 Å². The van der Waals surface area contributed by atoms with Gasteiger partial charge in [0, 0.05) is 12.2 Å². The van der Waals surface area contributed by atoms with Gasteiger partial charge in [0.25, 0.3) is 5.91 Å². The van der Waals surface area contributed by atoms with Crippen LogP contribution in [0.5, 0.6) is 0 Å². The quantitative estimate of drug-likeness (QED) is 0.679. The van der Waals surface area contributed by atoms with E-state index < -0.39 is 0 Å². The molecule has 1 N–H and O–H groups in total. The van der Waals surface area contributed by atoms with Gasteiger partial charge in [-0.3, -0.25) is 4.79 Å². The van der Waals surface area contributed by atoms with E-state index in [1.807, 2.05) is 60.7 Å². The second-order valence-electron chi connectivity index (χ2n) is 6.77. The molecule has 1 amide bonds. The van der Waals surface area contributed by atoms with Crippen molar-refractivity contribution in [2.45, 2.75) is 20.4 Å². The molecule has 0 aliphatic heterocycles. The number of hydrogen-bond donors (Lipinski definition) is 1. The second kappa shape index (κ2) is 8.94.